The molecule has 1 atom stereocenters. The van der Waals surface area contributed by atoms with Gasteiger partial charge in [0.25, 0.3) is 0 Å². The first-order valence-electron chi connectivity index (χ1n) is 5.59. The van der Waals surface area contributed by atoms with Gasteiger partial charge < -0.3 is 0 Å². The van der Waals surface area contributed by atoms with Gasteiger partial charge in [-0.3, -0.25) is 4.55 Å². The van der Waals surface area contributed by atoms with Gasteiger partial charge in [-0.1, -0.05) is 37.1 Å². The second kappa shape index (κ2) is 4.65. The summed E-state index contributed by atoms with van der Waals surface area (Å²) in [6.45, 7) is 2.05. The largest absolute Gasteiger partial charge is 0.294 e. The highest BCUT2D eigenvalue weighted by atomic mass is 32.2. The summed E-state index contributed by atoms with van der Waals surface area (Å²) in [5.41, 5.74) is 2.04. The smallest absolute Gasteiger partial charge is 0.232 e. The number of hydrogen-bond acceptors (Lipinski definition) is 1. The maximum atomic E-state index is 11.0. The summed E-state index contributed by atoms with van der Waals surface area (Å²) in [6, 6.07) is 8.10. The molecular formula is C12H17NO2S. The van der Waals surface area contributed by atoms with Crippen LogP contribution in [0.15, 0.2) is 24.3 Å². The van der Waals surface area contributed by atoms with Crippen LogP contribution in [0.25, 0.3) is 0 Å². The van der Waals surface area contributed by atoms with Gasteiger partial charge in [0.1, 0.15) is 0 Å². The van der Waals surface area contributed by atoms with Crippen molar-refractivity contribution in [1.82, 2.24) is 4.72 Å². The number of hydrogen-bond donors (Lipinski definition) is 2. The van der Waals surface area contributed by atoms with E-state index in [1.54, 1.807) is 0 Å². The molecule has 0 heterocycles. The molecule has 1 saturated carbocycles. The highest BCUT2D eigenvalue weighted by Gasteiger charge is 2.37. The first-order valence-corrected chi connectivity index (χ1v) is 6.69. The van der Waals surface area contributed by atoms with Gasteiger partial charge in [-0.15, -0.1) is 0 Å². The van der Waals surface area contributed by atoms with E-state index >= 15 is 0 Å². The molecular weight excluding hydrogens is 222 g/mol. The molecule has 88 valence electrons. The molecule has 4 heteroatoms. The van der Waals surface area contributed by atoms with Crippen LogP contribution in [-0.4, -0.2) is 8.76 Å². The van der Waals surface area contributed by atoms with Crippen LogP contribution in [-0.2, 0) is 16.8 Å². The zero-order chi connectivity index (χ0) is 11.6. The van der Waals surface area contributed by atoms with Crippen LogP contribution in [0.1, 0.15) is 36.8 Å². The van der Waals surface area contributed by atoms with Crippen LogP contribution < -0.4 is 4.72 Å². The van der Waals surface area contributed by atoms with Crippen molar-refractivity contribution in [2.45, 2.75) is 38.1 Å². The van der Waals surface area contributed by atoms with Gasteiger partial charge in [0.15, 0.2) is 0 Å². The maximum Gasteiger partial charge on any atom is 0.232 e. The normalized spacial score (nSPS) is 20.9. The molecule has 0 aromatic heterocycles. The lowest BCUT2D eigenvalue weighted by atomic mass is 9.86. The third-order valence-electron chi connectivity index (χ3n) is 3.40. The summed E-state index contributed by atoms with van der Waals surface area (Å²) in [5, 5.41) is 0. The Hall–Kier alpha value is -0.710. The van der Waals surface area contributed by atoms with Crippen LogP contribution in [0, 0.1) is 6.92 Å². The Morgan fingerprint density at radius 3 is 2.50 bits per heavy atom. The van der Waals surface area contributed by atoms with Crippen LogP contribution in [0.3, 0.4) is 0 Å². The summed E-state index contributed by atoms with van der Waals surface area (Å²) >= 11 is -1.95. The molecule has 0 saturated heterocycles. The van der Waals surface area contributed by atoms with E-state index in [1.807, 2.05) is 12.1 Å². The van der Waals surface area contributed by atoms with Gasteiger partial charge in [0.2, 0.25) is 11.3 Å². The fourth-order valence-corrected chi connectivity index (χ4v) is 3.33. The fraction of sp³-hybridized carbons (Fsp3) is 0.500. The molecule has 1 aromatic rings. The van der Waals surface area contributed by atoms with E-state index < -0.39 is 11.3 Å². The highest BCUT2D eigenvalue weighted by Crippen LogP contribution is 2.40. The van der Waals surface area contributed by atoms with Crippen molar-refractivity contribution in [2.24, 2.45) is 0 Å². The van der Waals surface area contributed by atoms with Crippen LogP contribution in [0.5, 0.6) is 0 Å². The fourth-order valence-electron chi connectivity index (χ4n) is 2.68. The number of nitrogens with one attached hydrogen (secondary N) is 1. The Morgan fingerprint density at radius 1 is 1.31 bits per heavy atom. The number of benzene rings is 1. The third kappa shape index (κ3) is 2.19. The van der Waals surface area contributed by atoms with Crippen LogP contribution >= 0.6 is 0 Å². The van der Waals surface area contributed by atoms with Gasteiger partial charge >= 0.3 is 0 Å². The van der Waals surface area contributed by atoms with E-state index in [2.05, 4.69) is 23.8 Å². The Kier molecular flexibility index (Phi) is 3.42. The van der Waals surface area contributed by atoms with Crippen molar-refractivity contribution in [3.63, 3.8) is 0 Å². The molecule has 0 radical (unpaired) electrons. The molecule has 2 rings (SSSR count). The zero-order valence-corrected chi connectivity index (χ0v) is 10.2. The van der Waals surface area contributed by atoms with Crippen LogP contribution in [0.4, 0.5) is 0 Å². The number of aryl methyl sites for hydroxylation is 1. The van der Waals surface area contributed by atoms with E-state index in [-0.39, 0.29) is 5.54 Å². The van der Waals surface area contributed by atoms with Gasteiger partial charge in [-0.25, -0.2) is 8.93 Å². The molecule has 1 aromatic carbocycles. The molecule has 0 spiro atoms. The van der Waals surface area contributed by atoms with E-state index in [1.165, 1.54) is 5.56 Å². The lowest BCUT2D eigenvalue weighted by Crippen LogP contribution is -2.41. The monoisotopic (exact) mass is 239 g/mol. The van der Waals surface area contributed by atoms with Crippen LogP contribution in [0.2, 0.25) is 0 Å². The van der Waals surface area contributed by atoms with E-state index in [0.717, 1.165) is 31.2 Å². The zero-order valence-electron chi connectivity index (χ0n) is 9.40. The lowest BCUT2D eigenvalue weighted by Gasteiger charge is -2.30. The molecule has 1 aliphatic rings. The lowest BCUT2D eigenvalue weighted by molar-refractivity contribution is 0.396. The summed E-state index contributed by atoms with van der Waals surface area (Å²) in [6.07, 6.45) is 4.09. The third-order valence-corrected chi connectivity index (χ3v) is 3.97. The second-order valence-corrected chi connectivity index (χ2v) is 5.16. The molecule has 0 bridgehead atoms. The Bertz CT molecular complexity index is 400. The topological polar surface area (TPSA) is 49.3 Å². The van der Waals surface area contributed by atoms with Gasteiger partial charge in [0.05, 0.1) is 5.54 Å². The predicted octanol–water partition coefficient (Wildman–Crippen LogP) is 2.49. The summed E-state index contributed by atoms with van der Waals surface area (Å²) in [4.78, 5) is 0. The molecule has 0 amide bonds. The minimum atomic E-state index is -1.95. The molecule has 2 N–H and O–H groups in total. The van der Waals surface area contributed by atoms with Gasteiger partial charge in [0, 0.05) is 0 Å². The van der Waals surface area contributed by atoms with E-state index in [9.17, 15) is 4.21 Å². The molecule has 16 heavy (non-hydrogen) atoms. The molecule has 1 aliphatic carbocycles. The van der Waals surface area contributed by atoms with Crippen molar-refractivity contribution >= 4 is 11.3 Å². The van der Waals surface area contributed by atoms with Crippen molar-refractivity contribution in [2.75, 3.05) is 0 Å². The molecule has 0 aliphatic heterocycles. The van der Waals surface area contributed by atoms with Crippen molar-refractivity contribution in [3.05, 3.63) is 35.4 Å². The van der Waals surface area contributed by atoms with Gasteiger partial charge in [-0.05, 0) is 30.9 Å². The minimum absolute atomic E-state index is 0.301. The SMILES string of the molecule is Cc1ccccc1C1(NS(=O)O)CCCC1. The average Bonchev–Trinajstić information content (AvgIpc) is 2.67. The molecule has 1 unspecified atom stereocenters. The standard InChI is InChI=1S/C12H17NO2S/c1-10-6-2-3-7-11(10)12(13-16(14)15)8-4-5-9-12/h2-3,6-7,13H,4-5,8-9H2,1H3,(H,14,15). The predicted molar refractivity (Wildman–Crippen MR) is 65.2 cm³/mol. The quantitative estimate of drug-likeness (QED) is 0.796. The van der Waals surface area contributed by atoms with Gasteiger partial charge in [-0.2, -0.15) is 0 Å². The highest BCUT2D eigenvalue weighted by molar-refractivity contribution is 7.77. The second-order valence-electron chi connectivity index (χ2n) is 4.46. The van der Waals surface area contributed by atoms with E-state index in [4.69, 9.17) is 4.55 Å². The summed E-state index contributed by atoms with van der Waals surface area (Å²) < 4.78 is 23.0. The average molecular weight is 239 g/mol. The maximum absolute atomic E-state index is 11.0. The van der Waals surface area contributed by atoms with Crippen molar-refractivity contribution in [3.8, 4) is 0 Å². The first-order chi connectivity index (χ1) is 7.64. The minimum Gasteiger partial charge on any atom is -0.294 e. The number of rotatable bonds is 3. The Labute approximate surface area is 98.7 Å². The summed E-state index contributed by atoms with van der Waals surface area (Å²) in [7, 11) is 0. The Morgan fingerprint density at radius 2 is 1.94 bits per heavy atom. The summed E-state index contributed by atoms with van der Waals surface area (Å²) in [5.74, 6) is 0. The Balaban J connectivity index is 2.39. The van der Waals surface area contributed by atoms with E-state index in [0.29, 0.717) is 0 Å². The van der Waals surface area contributed by atoms with Crippen molar-refractivity contribution < 1.29 is 8.76 Å². The molecule has 3 nitrogen and oxygen atoms in total. The molecule has 1 fully saturated rings. The van der Waals surface area contributed by atoms with Crippen molar-refractivity contribution in [1.29, 1.82) is 0 Å². The first kappa shape index (κ1) is 11.8.